The lowest BCUT2D eigenvalue weighted by Crippen LogP contribution is -2.41. The van der Waals surface area contributed by atoms with Gasteiger partial charge in [0, 0.05) is 5.92 Å². The van der Waals surface area contributed by atoms with Crippen LogP contribution in [0.4, 0.5) is 4.79 Å². The average molecular weight is 297 g/mol. The first kappa shape index (κ1) is 15.7. The van der Waals surface area contributed by atoms with Gasteiger partial charge in [-0.25, -0.2) is 9.59 Å². The molecule has 20 heavy (non-hydrogen) atoms. The van der Waals surface area contributed by atoms with Crippen molar-refractivity contribution in [2.75, 3.05) is 0 Å². The first-order valence-electron chi connectivity index (χ1n) is 7.64. The highest BCUT2D eigenvalue weighted by molar-refractivity contribution is 7.93. The highest BCUT2D eigenvalue weighted by Crippen LogP contribution is 2.80. The zero-order valence-electron chi connectivity index (χ0n) is 13.1. The molecule has 2 fully saturated rings. The molecular formula is C16H26O3P+. The molecule has 0 aliphatic carbocycles. The van der Waals surface area contributed by atoms with Gasteiger partial charge in [0.2, 0.25) is 0 Å². The number of allylic oxidation sites excluding steroid dienone is 2. The summed E-state index contributed by atoms with van der Waals surface area (Å²) in [7, 11) is -2.13. The molecular weight excluding hydrogens is 271 g/mol. The van der Waals surface area contributed by atoms with Crippen molar-refractivity contribution in [2.24, 2.45) is 11.8 Å². The van der Waals surface area contributed by atoms with E-state index in [0.29, 0.717) is 5.92 Å². The van der Waals surface area contributed by atoms with Crippen molar-refractivity contribution in [3.05, 3.63) is 12.2 Å². The molecule has 0 N–H and O–H groups in total. The van der Waals surface area contributed by atoms with Crippen LogP contribution in [0.15, 0.2) is 12.2 Å². The van der Waals surface area contributed by atoms with Gasteiger partial charge in [0.25, 0.3) is 0 Å². The Balaban J connectivity index is 2.59. The molecule has 2 aliphatic heterocycles. The van der Waals surface area contributed by atoms with Crippen molar-refractivity contribution in [3.63, 3.8) is 0 Å². The van der Waals surface area contributed by atoms with Crippen molar-refractivity contribution in [2.45, 2.75) is 64.4 Å². The van der Waals surface area contributed by atoms with Crippen molar-refractivity contribution in [3.8, 4) is 0 Å². The van der Waals surface area contributed by atoms with Crippen LogP contribution in [-0.2, 0) is 9.53 Å². The fourth-order valence-electron chi connectivity index (χ4n) is 3.99. The number of hydrogen-bond donors (Lipinski definition) is 0. The summed E-state index contributed by atoms with van der Waals surface area (Å²) in [5.74, 6) is 0.407. The summed E-state index contributed by atoms with van der Waals surface area (Å²) in [5.41, 5.74) is 0.131. The third-order valence-electron chi connectivity index (χ3n) is 5.26. The highest BCUT2D eigenvalue weighted by atomic mass is 31.2. The smallest absolute Gasteiger partial charge is 0.359 e. The maximum atomic E-state index is 12.7. The Hall–Kier alpha value is -0.690. The zero-order valence-corrected chi connectivity index (χ0v) is 14.0. The second kappa shape index (κ2) is 5.60. The van der Waals surface area contributed by atoms with E-state index in [4.69, 9.17) is 4.74 Å². The Morgan fingerprint density at radius 1 is 1.25 bits per heavy atom. The van der Waals surface area contributed by atoms with Gasteiger partial charge in [-0.3, -0.25) is 0 Å². The van der Waals surface area contributed by atoms with Crippen LogP contribution in [0.3, 0.4) is 0 Å². The number of ether oxygens (including phenoxy) is 1. The number of rotatable bonds is 3. The fourth-order valence-corrected chi connectivity index (χ4v) is 10.0. The van der Waals surface area contributed by atoms with Gasteiger partial charge in [0.05, 0.1) is 5.66 Å². The molecule has 0 amide bonds. The van der Waals surface area contributed by atoms with E-state index in [1.54, 1.807) is 0 Å². The van der Waals surface area contributed by atoms with Crippen molar-refractivity contribution in [1.29, 1.82) is 0 Å². The number of carbonyl (C=O) groups is 2. The van der Waals surface area contributed by atoms with Crippen molar-refractivity contribution >= 4 is 18.9 Å². The third-order valence-corrected chi connectivity index (χ3v) is 11.1. The largest absolute Gasteiger partial charge is 0.460 e. The van der Waals surface area contributed by atoms with E-state index < -0.39 is 7.26 Å². The second-order valence-corrected chi connectivity index (χ2v) is 10.7. The van der Waals surface area contributed by atoms with Crippen LogP contribution in [0, 0.1) is 11.8 Å². The number of carbonyl (C=O) groups excluding carboxylic acids is 2. The lowest BCUT2D eigenvalue weighted by molar-refractivity contribution is -0.135. The number of hydrogen-bond acceptors (Lipinski definition) is 3. The van der Waals surface area contributed by atoms with Gasteiger partial charge in [-0.1, -0.05) is 26.8 Å². The van der Waals surface area contributed by atoms with Crippen LogP contribution in [0.2, 0.25) is 0 Å². The summed E-state index contributed by atoms with van der Waals surface area (Å²) in [6, 6.07) is 0. The minimum Gasteiger partial charge on any atom is -0.359 e. The van der Waals surface area contributed by atoms with Crippen LogP contribution in [0.5, 0.6) is 0 Å². The normalized spacial score (nSPS) is 39.2. The molecule has 0 radical (unpaired) electrons. The summed E-state index contributed by atoms with van der Waals surface area (Å²) >= 11 is 0. The van der Waals surface area contributed by atoms with Crippen LogP contribution >= 0.6 is 7.26 Å². The first-order valence-corrected chi connectivity index (χ1v) is 9.64. The topological polar surface area (TPSA) is 43.4 Å². The van der Waals surface area contributed by atoms with Gasteiger partial charge in [0.1, 0.15) is 5.66 Å². The molecule has 4 unspecified atom stereocenters. The predicted octanol–water partition coefficient (Wildman–Crippen LogP) is 4.47. The zero-order chi connectivity index (χ0) is 15.1. The Kier molecular flexibility index (Phi) is 4.39. The highest BCUT2D eigenvalue weighted by Gasteiger charge is 2.74. The van der Waals surface area contributed by atoms with Gasteiger partial charge in [-0.15, -0.1) is 0 Å². The van der Waals surface area contributed by atoms with E-state index in [1.165, 1.54) is 0 Å². The maximum Gasteiger partial charge on any atom is 0.460 e. The monoisotopic (exact) mass is 297 g/mol. The van der Waals surface area contributed by atoms with Gasteiger partial charge < -0.3 is 4.74 Å². The quantitative estimate of drug-likeness (QED) is 0.334. The minimum absolute atomic E-state index is 0.164. The summed E-state index contributed by atoms with van der Waals surface area (Å²) in [6.45, 7) is 10.6. The lowest BCUT2D eigenvalue weighted by atomic mass is 9.98. The standard InChI is InChI=1S/C16H26O3P/c1-6-7-13-9-8-11(4)14-15(17)19-16(18)20(13,14)12(5)10(2)3/h6-7,10-14H,8-9H2,1-5H3/q+1/b7-6-/t11?,12?,13?,14-,20?/m1/s1. The molecule has 0 saturated carbocycles. The van der Waals surface area contributed by atoms with E-state index in [9.17, 15) is 9.59 Å². The Morgan fingerprint density at radius 3 is 2.45 bits per heavy atom. The first-order chi connectivity index (χ1) is 9.37. The molecule has 5 atom stereocenters. The summed E-state index contributed by atoms with van der Waals surface area (Å²) in [5, 5.41) is 0. The van der Waals surface area contributed by atoms with Crippen LogP contribution in [0.25, 0.3) is 0 Å². The van der Waals surface area contributed by atoms with Crippen LogP contribution in [0.1, 0.15) is 47.5 Å². The number of esters is 1. The fraction of sp³-hybridized carbons (Fsp3) is 0.750. The maximum absolute atomic E-state index is 12.7. The van der Waals surface area contributed by atoms with Crippen molar-refractivity contribution < 1.29 is 14.3 Å². The van der Waals surface area contributed by atoms with E-state index in [-0.39, 0.29) is 34.6 Å². The molecule has 2 heterocycles. The number of fused-ring (bicyclic) bond motifs is 1. The van der Waals surface area contributed by atoms with E-state index in [1.807, 2.05) is 13.0 Å². The summed E-state index contributed by atoms with van der Waals surface area (Å²) in [4.78, 5) is 25.0. The van der Waals surface area contributed by atoms with Gasteiger partial charge in [0.15, 0.2) is 12.9 Å². The molecule has 2 saturated heterocycles. The summed E-state index contributed by atoms with van der Waals surface area (Å²) in [6.07, 6.45) is 6.21. The molecule has 4 heteroatoms. The molecule has 0 spiro atoms. The number of cyclic esters (lactones) is 2. The molecule has 2 aliphatic rings. The Morgan fingerprint density at radius 2 is 1.90 bits per heavy atom. The van der Waals surface area contributed by atoms with Gasteiger partial charge >= 0.3 is 11.7 Å². The van der Waals surface area contributed by atoms with E-state index in [2.05, 4.69) is 33.8 Å². The Labute approximate surface area is 122 Å². The molecule has 112 valence electrons. The minimum atomic E-state index is -2.13. The lowest BCUT2D eigenvalue weighted by Gasteiger charge is -2.41. The van der Waals surface area contributed by atoms with E-state index in [0.717, 1.165) is 12.8 Å². The van der Waals surface area contributed by atoms with Gasteiger partial charge in [-0.05, 0) is 38.7 Å². The third kappa shape index (κ3) is 2.06. The molecule has 3 nitrogen and oxygen atoms in total. The molecule has 0 aromatic carbocycles. The van der Waals surface area contributed by atoms with E-state index >= 15 is 0 Å². The van der Waals surface area contributed by atoms with Crippen LogP contribution in [-0.4, -0.2) is 28.7 Å². The Bertz CT molecular complexity index is 443. The molecule has 0 aromatic heterocycles. The molecule has 2 rings (SSSR count). The van der Waals surface area contributed by atoms with Crippen molar-refractivity contribution in [1.82, 2.24) is 0 Å². The van der Waals surface area contributed by atoms with Crippen LogP contribution < -0.4 is 0 Å². The molecule has 0 aromatic rings. The second-order valence-electron chi connectivity index (χ2n) is 6.60. The van der Waals surface area contributed by atoms with Gasteiger partial charge in [-0.2, -0.15) is 0 Å². The predicted molar refractivity (Wildman–Crippen MR) is 83.5 cm³/mol. The summed E-state index contributed by atoms with van der Waals surface area (Å²) < 4.78 is 5.17. The SMILES string of the molecule is C/C=C\C1CCC(C)[C@@H]2C(=O)OC(=O)[P+]12C(C)C(C)C. The molecule has 0 bridgehead atoms. The average Bonchev–Trinajstić information content (AvgIpc) is 2.65.